The molecule has 0 spiro atoms. The molecule has 0 bridgehead atoms. The summed E-state index contributed by atoms with van der Waals surface area (Å²) in [5.74, 6) is 1.31. The van der Waals surface area contributed by atoms with Crippen molar-refractivity contribution in [3.63, 3.8) is 0 Å². The monoisotopic (exact) mass is 291 g/mol. The first kappa shape index (κ1) is 15.2. The third kappa shape index (κ3) is 4.11. The Hall–Kier alpha value is -2.24. The lowest BCUT2D eigenvalue weighted by Gasteiger charge is -2.26. The first-order valence-electron chi connectivity index (χ1n) is 7.12. The zero-order chi connectivity index (χ0) is 15.1. The molecular formula is C15H21N3O3. The van der Waals surface area contributed by atoms with Gasteiger partial charge in [-0.25, -0.2) is 4.79 Å². The average Bonchev–Trinajstić information content (AvgIpc) is 2.53. The molecule has 2 N–H and O–H groups in total. The van der Waals surface area contributed by atoms with E-state index in [1.807, 2.05) is 24.3 Å². The van der Waals surface area contributed by atoms with Crippen molar-refractivity contribution in [3.8, 4) is 5.75 Å². The summed E-state index contributed by atoms with van der Waals surface area (Å²) in [6.07, 6.45) is 1.28. The summed E-state index contributed by atoms with van der Waals surface area (Å²) in [5, 5.41) is 5.78. The number of aliphatic imine (C=N–C) groups is 1. The van der Waals surface area contributed by atoms with Crippen LogP contribution >= 0.6 is 0 Å². The Morgan fingerprint density at radius 1 is 1.48 bits per heavy atom. The Bertz CT molecular complexity index is 517. The van der Waals surface area contributed by atoms with E-state index in [9.17, 15) is 4.79 Å². The second-order valence-corrected chi connectivity index (χ2v) is 4.72. The SMILES string of the molecule is CCCOc1ccccc1C1CCN=C(NC(=O)OC)N1. The summed E-state index contributed by atoms with van der Waals surface area (Å²) in [7, 11) is 1.32. The standard InChI is InChI=1S/C15H21N3O3/c1-3-10-21-13-7-5-4-6-11(13)12-8-9-16-14(17-12)18-15(19)20-2/h4-7,12H,3,8-10H2,1-2H3,(H2,16,17,18,19). The predicted octanol–water partition coefficient (Wildman–Crippen LogP) is 2.22. The number of rotatable bonds is 4. The lowest BCUT2D eigenvalue weighted by Crippen LogP contribution is -2.45. The molecule has 0 aliphatic carbocycles. The van der Waals surface area contributed by atoms with E-state index >= 15 is 0 Å². The van der Waals surface area contributed by atoms with Gasteiger partial charge in [0.1, 0.15) is 5.75 Å². The van der Waals surface area contributed by atoms with Gasteiger partial charge >= 0.3 is 6.09 Å². The molecule has 1 aliphatic rings. The number of ether oxygens (including phenoxy) is 2. The van der Waals surface area contributed by atoms with Gasteiger partial charge in [-0.3, -0.25) is 10.3 Å². The number of guanidine groups is 1. The number of nitrogens with zero attached hydrogens (tertiary/aromatic N) is 1. The molecule has 0 saturated carbocycles. The minimum absolute atomic E-state index is 0.0581. The van der Waals surface area contributed by atoms with E-state index in [1.165, 1.54) is 7.11 Å². The van der Waals surface area contributed by atoms with Crippen LogP contribution in [0.3, 0.4) is 0 Å². The Morgan fingerprint density at radius 2 is 2.29 bits per heavy atom. The van der Waals surface area contributed by atoms with Crippen LogP contribution in [0.5, 0.6) is 5.75 Å². The zero-order valence-electron chi connectivity index (χ0n) is 12.4. The Kier molecular flexibility index (Phi) is 5.43. The molecule has 0 aromatic heterocycles. The fourth-order valence-electron chi connectivity index (χ4n) is 2.16. The van der Waals surface area contributed by atoms with E-state index in [1.54, 1.807) is 0 Å². The van der Waals surface area contributed by atoms with Gasteiger partial charge in [0, 0.05) is 12.1 Å². The molecular weight excluding hydrogens is 270 g/mol. The zero-order valence-corrected chi connectivity index (χ0v) is 12.4. The van der Waals surface area contributed by atoms with Gasteiger partial charge in [-0.15, -0.1) is 0 Å². The van der Waals surface area contributed by atoms with Gasteiger partial charge in [-0.05, 0) is 18.9 Å². The molecule has 1 unspecified atom stereocenters. The van der Waals surface area contributed by atoms with Crippen LogP contribution in [0.15, 0.2) is 29.3 Å². The molecule has 2 rings (SSSR count). The van der Waals surface area contributed by atoms with Crippen molar-refractivity contribution in [1.29, 1.82) is 0 Å². The molecule has 114 valence electrons. The van der Waals surface area contributed by atoms with Crippen LogP contribution in [0.2, 0.25) is 0 Å². The summed E-state index contributed by atoms with van der Waals surface area (Å²) in [5.41, 5.74) is 1.07. The summed E-state index contributed by atoms with van der Waals surface area (Å²) in [6.45, 7) is 3.40. The van der Waals surface area contributed by atoms with Crippen LogP contribution in [0, 0.1) is 0 Å². The van der Waals surface area contributed by atoms with Crippen molar-refractivity contribution in [3.05, 3.63) is 29.8 Å². The van der Waals surface area contributed by atoms with Crippen molar-refractivity contribution in [2.24, 2.45) is 4.99 Å². The Balaban J connectivity index is 2.08. The molecule has 6 nitrogen and oxygen atoms in total. The molecule has 1 aromatic rings. The van der Waals surface area contributed by atoms with Gasteiger partial charge in [0.05, 0.1) is 19.8 Å². The Morgan fingerprint density at radius 3 is 3.05 bits per heavy atom. The third-order valence-electron chi connectivity index (χ3n) is 3.16. The lowest BCUT2D eigenvalue weighted by atomic mass is 10.0. The smallest absolute Gasteiger partial charge is 0.413 e. The van der Waals surface area contributed by atoms with Gasteiger partial charge in [0.15, 0.2) is 0 Å². The molecule has 1 aliphatic heterocycles. The Labute approximate surface area is 124 Å². The van der Waals surface area contributed by atoms with Gasteiger partial charge in [0.25, 0.3) is 0 Å². The van der Waals surface area contributed by atoms with Crippen molar-refractivity contribution >= 4 is 12.1 Å². The highest BCUT2D eigenvalue weighted by Gasteiger charge is 2.21. The molecule has 1 atom stereocenters. The molecule has 1 aromatic carbocycles. The molecule has 0 fully saturated rings. The number of hydrogen-bond acceptors (Lipinski definition) is 5. The third-order valence-corrected chi connectivity index (χ3v) is 3.16. The fraction of sp³-hybridized carbons (Fsp3) is 0.467. The second kappa shape index (κ2) is 7.52. The second-order valence-electron chi connectivity index (χ2n) is 4.72. The number of benzene rings is 1. The van der Waals surface area contributed by atoms with Crippen molar-refractivity contribution in [2.75, 3.05) is 20.3 Å². The van der Waals surface area contributed by atoms with Crippen LogP contribution in [-0.2, 0) is 4.74 Å². The molecule has 1 heterocycles. The number of methoxy groups -OCH3 is 1. The molecule has 0 radical (unpaired) electrons. The van der Waals surface area contributed by atoms with Crippen LogP contribution in [0.4, 0.5) is 4.79 Å². The van der Waals surface area contributed by atoms with E-state index < -0.39 is 6.09 Å². The maximum absolute atomic E-state index is 11.3. The minimum Gasteiger partial charge on any atom is -0.493 e. The summed E-state index contributed by atoms with van der Waals surface area (Å²) < 4.78 is 10.4. The average molecular weight is 291 g/mol. The van der Waals surface area contributed by atoms with Gasteiger partial charge in [-0.1, -0.05) is 25.1 Å². The first-order valence-corrected chi connectivity index (χ1v) is 7.12. The highest BCUT2D eigenvalue weighted by Crippen LogP contribution is 2.28. The number of para-hydroxylation sites is 1. The van der Waals surface area contributed by atoms with Gasteiger partial charge < -0.3 is 14.8 Å². The lowest BCUT2D eigenvalue weighted by molar-refractivity contribution is 0.176. The number of carbonyl (C=O) groups excluding carboxylic acids is 1. The van der Waals surface area contributed by atoms with E-state index in [0.717, 1.165) is 24.2 Å². The summed E-state index contributed by atoms with van der Waals surface area (Å²) in [4.78, 5) is 15.5. The van der Waals surface area contributed by atoms with Crippen LogP contribution in [0.25, 0.3) is 0 Å². The maximum Gasteiger partial charge on any atom is 0.413 e. The molecule has 6 heteroatoms. The number of carbonyl (C=O) groups is 1. The van der Waals surface area contributed by atoms with Crippen LogP contribution in [-0.4, -0.2) is 32.3 Å². The van der Waals surface area contributed by atoms with Crippen LogP contribution in [0.1, 0.15) is 31.4 Å². The van der Waals surface area contributed by atoms with E-state index in [0.29, 0.717) is 19.1 Å². The number of hydrogen-bond donors (Lipinski definition) is 2. The molecule has 21 heavy (non-hydrogen) atoms. The predicted molar refractivity (Wildman–Crippen MR) is 80.6 cm³/mol. The van der Waals surface area contributed by atoms with E-state index in [-0.39, 0.29) is 6.04 Å². The van der Waals surface area contributed by atoms with E-state index in [4.69, 9.17) is 4.74 Å². The molecule has 1 amide bonds. The van der Waals surface area contributed by atoms with E-state index in [2.05, 4.69) is 27.3 Å². The van der Waals surface area contributed by atoms with Crippen molar-refractivity contribution < 1.29 is 14.3 Å². The quantitative estimate of drug-likeness (QED) is 0.892. The minimum atomic E-state index is -0.530. The highest BCUT2D eigenvalue weighted by atomic mass is 16.5. The normalized spacial score (nSPS) is 17.4. The largest absolute Gasteiger partial charge is 0.493 e. The van der Waals surface area contributed by atoms with Crippen LogP contribution < -0.4 is 15.4 Å². The van der Waals surface area contributed by atoms with Gasteiger partial charge in [0.2, 0.25) is 5.96 Å². The number of nitrogens with one attached hydrogen (secondary N) is 2. The fourth-order valence-corrected chi connectivity index (χ4v) is 2.16. The molecule has 0 saturated heterocycles. The van der Waals surface area contributed by atoms with Crippen molar-refractivity contribution in [2.45, 2.75) is 25.8 Å². The summed E-state index contributed by atoms with van der Waals surface area (Å²) >= 11 is 0. The topological polar surface area (TPSA) is 72.0 Å². The summed E-state index contributed by atoms with van der Waals surface area (Å²) in [6, 6.07) is 7.99. The van der Waals surface area contributed by atoms with Crippen molar-refractivity contribution in [1.82, 2.24) is 10.6 Å². The maximum atomic E-state index is 11.3. The number of amides is 1. The first-order chi connectivity index (χ1) is 10.2. The highest BCUT2D eigenvalue weighted by molar-refractivity contribution is 5.94. The van der Waals surface area contributed by atoms with Gasteiger partial charge in [-0.2, -0.15) is 0 Å². The number of alkyl carbamates (subject to hydrolysis) is 1.